The van der Waals surface area contributed by atoms with E-state index in [2.05, 4.69) is 55.6 Å². The van der Waals surface area contributed by atoms with E-state index in [1.807, 2.05) is 0 Å². The van der Waals surface area contributed by atoms with E-state index in [1.54, 1.807) is 0 Å². The van der Waals surface area contributed by atoms with Gasteiger partial charge in [-0.05, 0) is 83.5 Å². The van der Waals surface area contributed by atoms with Crippen LogP contribution in [0.25, 0.3) is 0 Å². The van der Waals surface area contributed by atoms with Crippen molar-refractivity contribution in [3.8, 4) is 0 Å². The molecule has 2 unspecified atom stereocenters. The van der Waals surface area contributed by atoms with Crippen molar-refractivity contribution in [2.24, 2.45) is 0 Å². The van der Waals surface area contributed by atoms with Gasteiger partial charge in [0.15, 0.2) is 0 Å². The smallest absolute Gasteiger partial charge is 0.305 e. The molecule has 0 aromatic carbocycles. The number of amides is 1. The van der Waals surface area contributed by atoms with Crippen molar-refractivity contribution >= 4 is 11.9 Å². The van der Waals surface area contributed by atoms with Crippen LogP contribution < -0.4 is 5.32 Å². The van der Waals surface area contributed by atoms with Crippen molar-refractivity contribution in [3.05, 3.63) is 36.5 Å². The molecule has 0 aliphatic rings. The van der Waals surface area contributed by atoms with Gasteiger partial charge < -0.3 is 20.3 Å². The second kappa shape index (κ2) is 60.6. The highest BCUT2D eigenvalue weighted by Gasteiger charge is 2.20. The van der Waals surface area contributed by atoms with Crippen LogP contribution in [0.15, 0.2) is 36.5 Å². The third-order valence-electron chi connectivity index (χ3n) is 14.7. The molecule has 1 amide bonds. The summed E-state index contributed by atoms with van der Waals surface area (Å²) < 4.78 is 5.50. The Morgan fingerprint density at radius 3 is 1.11 bits per heavy atom. The third kappa shape index (κ3) is 57.2. The average Bonchev–Trinajstić information content (AvgIpc) is 3.37. The fourth-order valence-corrected chi connectivity index (χ4v) is 9.78. The lowest BCUT2D eigenvalue weighted by molar-refractivity contribution is -0.143. The Kier molecular flexibility index (Phi) is 59.0. The van der Waals surface area contributed by atoms with Gasteiger partial charge in [0.25, 0.3) is 0 Å². The van der Waals surface area contributed by atoms with E-state index >= 15 is 0 Å². The molecule has 0 heterocycles. The Labute approximate surface area is 443 Å². The first-order valence-electron chi connectivity index (χ1n) is 31.7. The van der Waals surface area contributed by atoms with Crippen LogP contribution in [0.3, 0.4) is 0 Å². The van der Waals surface area contributed by atoms with Gasteiger partial charge in [-0.1, -0.05) is 281 Å². The molecule has 71 heavy (non-hydrogen) atoms. The molecule has 0 spiro atoms. The van der Waals surface area contributed by atoms with E-state index in [0.717, 1.165) is 51.4 Å². The highest BCUT2D eigenvalue weighted by Crippen LogP contribution is 2.17. The zero-order valence-corrected chi connectivity index (χ0v) is 47.7. The highest BCUT2D eigenvalue weighted by molar-refractivity contribution is 5.76. The fraction of sp³-hybridized carbons (Fsp3) is 0.877. The lowest BCUT2D eigenvalue weighted by Gasteiger charge is -2.22. The minimum absolute atomic E-state index is 0.00464. The summed E-state index contributed by atoms with van der Waals surface area (Å²) in [5.41, 5.74) is 0. The van der Waals surface area contributed by atoms with Crippen LogP contribution in [0.1, 0.15) is 341 Å². The Morgan fingerprint density at radius 1 is 0.394 bits per heavy atom. The van der Waals surface area contributed by atoms with E-state index < -0.39 is 12.1 Å². The predicted octanol–water partition coefficient (Wildman–Crippen LogP) is 20.0. The minimum atomic E-state index is -0.669. The van der Waals surface area contributed by atoms with Gasteiger partial charge in [0, 0.05) is 12.8 Å². The van der Waals surface area contributed by atoms with Crippen molar-refractivity contribution in [2.45, 2.75) is 353 Å². The first kappa shape index (κ1) is 69.1. The molecule has 0 aromatic rings. The SMILES string of the molecule is CCCCC/C=C\C/C=C\CCCCCCCCCCCC(=O)OCCCCCCCCCCCC/C=C\CCCCCCCCCC(=O)NC(CO)C(O)CCCCCCCCCCCCCCCC. The number of carbonyl (C=O) groups excluding carboxylic acids is 2. The van der Waals surface area contributed by atoms with Gasteiger partial charge in [0.05, 0.1) is 25.4 Å². The molecule has 0 fully saturated rings. The summed E-state index contributed by atoms with van der Waals surface area (Å²) in [6.45, 7) is 4.93. The molecule has 0 rings (SSSR count). The van der Waals surface area contributed by atoms with Crippen LogP contribution in [-0.2, 0) is 14.3 Å². The number of aliphatic hydroxyl groups excluding tert-OH is 2. The molecule has 0 bridgehead atoms. The summed E-state index contributed by atoms with van der Waals surface area (Å²) >= 11 is 0. The molecule has 0 aliphatic carbocycles. The molecule has 6 heteroatoms. The van der Waals surface area contributed by atoms with Crippen molar-refractivity contribution in [2.75, 3.05) is 13.2 Å². The van der Waals surface area contributed by atoms with E-state index in [-0.39, 0.29) is 18.5 Å². The third-order valence-corrected chi connectivity index (χ3v) is 14.7. The number of ether oxygens (including phenoxy) is 1. The second-order valence-electron chi connectivity index (χ2n) is 21.7. The van der Waals surface area contributed by atoms with E-state index in [0.29, 0.717) is 25.9 Å². The second-order valence-corrected chi connectivity index (χ2v) is 21.7. The van der Waals surface area contributed by atoms with Crippen LogP contribution in [0, 0.1) is 0 Å². The number of nitrogens with one attached hydrogen (secondary N) is 1. The van der Waals surface area contributed by atoms with Crippen LogP contribution in [0.4, 0.5) is 0 Å². The zero-order valence-electron chi connectivity index (χ0n) is 47.7. The van der Waals surface area contributed by atoms with Gasteiger partial charge in [-0.3, -0.25) is 9.59 Å². The number of hydrogen-bond acceptors (Lipinski definition) is 5. The number of hydrogen-bond donors (Lipinski definition) is 3. The van der Waals surface area contributed by atoms with Crippen molar-refractivity contribution in [3.63, 3.8) is 0 Å². The number of esters is 1. The lowest BCUT2D eigenvalue weighted by Crippen LogP contribution is -2.45. The van der Waals surface area contributed by atoms with E-state index in [9.17, 15) is 19.8 Å². The van der Waals surface area contributed by atoms with Gasteiger partial charge in [0.2, 0.25) is 5.91 Å². The Balaban J connectivity index is 3.41. The van der Waals surface area contributed by atoms with Crippen molar-refractivity contribution < 1.29 is 24.5 Å². The van der Waals surface area contributed by atoms with Gasteiger partial charge in [-0.25, -0.2) is 0 Å². The van der Waals surface area contributed by atoms with Crippen LogP contribution in [0.2, 0.25) is 0 Å². The highest BCUT2D eigenvalue weighted by atomic mass is 16.5. The van der Waals surface area contributed by atoms with E-state index in [4.69, 9.17) is 4.74 Å². The minimum Gasteiger partial charge on any atom is -0.466 e. The summed E-state index contributed by atoms with van der Waals surface area (Å²) in [5.74, 6) is -0.0371. The summed E-state index contributed by atoms with van der Waals surface area (Å²) in [5, 5.41) is 23.3. The maximum absolute atomic E-state index is 12.5. The predicted molar refractivity (Wildman–Crippen MR) is 310 cm³/mol. The van der Waals surface area contributed by atoms with Crippen LogP contribution in [-0.4, -0.2) is 47.4 Å². The molecular formula is C65H123NO5. The Morgan fingerprint density at radius 2 is 0.704 bits per heavy atom. The molecule has 0 radical (unpaired) electrons. The molecule has 0 aromatic heterocycles. The summed E-state index contributed by atoms with van der Waals surface area (Å²) in [6.07, 6.45) is 75.8. The number of unbranched alkanes of at least 4 members (excludes halogenated alkanes) is 42. The quantitative estimate of drug-likeness (QED) is 0.0321. The standard InChI is InChI=1S/C65H123NO5/c1-3-5-7-9-11-13-15-17-19-20-24-28-31-35-39-43-47-51-55-59-65(70)71-60-56-52-48-44-40-36-32-29-26-23-21-22-25-27-30-34-38-42-46-50-54-58-64(69)66-62(61-67)63(68)57-53-49-45-41-37-33-18-16-14-12-10-8-6-4-2/h11,13,17,19,22,25,62-63,67-68H,3-10,12,14-16,18,20-21,23-24,26-61H2,1-2H3,(H,66,69)/b13-11-,19-17-,25-22-. The normalized spacial score (nSPS) is 12.8. The maximum atomic E-state index is 12.5. The maximum Gasteiger partial charge on any atom is 0.305 e. The number of aliphatic hydroxyl groups is 2. The summed E-state index contributed by atoms with van der Waals surface area (Å²) in [4.78, 5) is 24.6. The molecular weight excluding hydrogens is 875 g/mol. The fourth-order valence-electron chi connectivity index (χ4n) is 9.78. The monoisotopic (exact) mass is 998 g/mol. The molecule has 0 saturated heterocycles. The molecule has 3 N–H and O–H groups in total. The molecule has 6 nitrogen and oxygen atoms in total. The summed E-state index contributed by atoms with van der Waals surface area (Å²) in [6, 6.07) is -0.547. The molecule has 0 saturated carbocycles. The number of carbonyl (C=O) groups is 2. The Hall–Kier alpha value is -1.92. The number of allylic oxidation sites excluding steroid dienone is 6. The van der Waals surface area contributed by atoms with Gasteiger partial charge in [-0.15, -0.1) is 0 Å². The van der Waals surface area contributed by atoms with Crippen molar-refractivity contribution in [1.82, 2.24) is 5.32 Å². The topological polar surface area (TPSA) is 95.9 Å². The largest absolute Gasteiger partial charge is 0.466 e. The average molecular weight is 999 g/mol. The zero-order chi connectivity index (χ0) is 51.4. The first-order valence-corrected chi connectivity index (χ1v) is 31.7. The van der Waals surface area contributed by atoms with E-state index in [1.165, 1.54) is 257 Å². The molecule has 2 atom stereocenters. The van der Waals surface area contributed by atoms with Crippen LogP contribution >= 0.6 is 0 Å². The van der Waals surface area contributed by atoms with Gasteiger partial charge >= 0.3 is 5.97 Å². The van der Waals surface area contributed by atoms with Crippen molar-refractivity contribution in [1.29, 1.82) is 0 Å². The molecule has 0 aliphatic heterocycles. The molecule has 418 valence electrons. The number of rotatable bonds is 59. The summed E-state index contributed by atoms with van der Waals surface area (Å²) in [7, 11) is 0. The van der Waals surface area contributed by atoms with Crippen LogP contribution in [0.5, 0.6) is 0 Å². The van der Waals surface area contributed by atoms with Gasteiger partial charge in [-0.2, -0.15) is 0 Å². The lowest BCUT2D eigenvalue weighted by atomic mass is 10.0. The Bertz CT molecular complexity index is 1150. The first-order chi connectivity index (χ1) is 35.0. The van der Waals surface area contributed by atoms with Gasteiger partial charge in [0.1, 0.15) is 0 Å².